The molecule has 10 aromatic carbocycles. The molecule has 7 nitrogen and oxygen atoms in total. The van der Waals surface area contributed by atoms with Gasteiger partial charge in [0.1, 0.15) is 0 Å². The van der Waals surface area contributed by atoms with Crippen LogP contribution in [0.25, 0.3) is 143 Å². The summed E-state index contributed by atoms with van der Waals surface area (Å²) in [6, 6.07) is 81.0. The van der Waals surface area contributed by atoms with E-state index in [0.29, 0.717) is 17.7 Å². The van der Waals surface area contributed by atoms with Crippen LogP contribution < -0.4 is 0 Å². The monoisotopic (exact) mass is 891 g/mol. The average molecular weight is 892 g/mol. The van der Waals surface area contributed by atoms with Gasteiger partial charge in [-0.15, -0.1) is 0 Å². The van der Waals surface area contributed by atoms with E-state index in [2.05, 4.69) is 242 Å². The molecule has 0 saturated heterocycles. The van der Waals surface area contributed by atoms with Crippen molar-refractivity contribution in [1.29, 1.82) is 0 Å². The second-order valence-corrected chi connectivity index (χ2v) is 18.4. The first-order valence-electron chi connectivity index (χ1n) is 23.8. The molecule has 0 amide bonds. The summed E-state index contributed by atoms with van der Waals surface area (Å²) < 4.78 is 9.38. The lowest BCUT2D eigenvalue weighted by Crippen LogP contribution is -2.10. The van der Waals surface area contributed by atoms with E-state index in [1.165, 1.54) is 37.8 Å². The smallest absolute Gasteiger partial charge is 0.240 e. The molecule has 0 unspecified atom stereocenters. The third-order valence-corrected chi connectivity index (χ3v) is 14.8. The molecule has 16 aromatic rings. The molecule has 7 heteroatoms. The summed E-state index contributed by atoms with van der Waals surface area (Å²) in [5.74, 6) is 1.67. The second-order valence-electron chi connectivity index (χ2n) is 18.4. The van der Waals surface area contributed by atoms with E-state index in [4.69, 9.17) is 15.0 Å². The van der Waals surface area contributed by atoms with Crippen LogP contribution in [0.1, 0.15) is 0 Å². The normalized spacial score (nSPS) is 12.3. The highest BCUT2D eigenvalue weighted by molar-refractivity contribution is 6.24. The Hall–Kier alpha value is -9.59. The lowest BCUT2D eigenvalue weighted by Gasteiger charge is -2.14. The van der Waals surface area contributed by atoms with E-state index in [1.807, 2.05) is 0 Å². The second kappa shape index (κ2) is 14.0. The summed E-state index contributed by atoms with van der Waals surface area (Å²) in [5.41, 5.74) is 11.8. The van der Waals surface area contributed by atoms with Crippen LogP contribution in [0, 0.1) is 0 Å². The molecular formula is C63H37N7. The van der Waals surface area contributed by atoms with Crippen molar-refractivity contribution in [2.45, 2.75) is 0 Å². The maximum Gasteiger partial charge on any atom is 0.240 e. The highest BCUT2D eigenvalue weighted by Crippen LogP contribution is 2.42. The Morgan fingerprint density at radius 1 is 0.229 bits per heavy atom. The third kappa shape index (κ3) is 4.99. The van der Waals surface area contributed by atoms with Crippen LogP contribution in [0.4, 0.5) is 0 Å². The molecule has 0 bridgehead atoms. The van der Waals surface area contributed by atoms with Crippen LogP contribution in [0.2, 0.25) is 0 Å². The number of nitrogens with zero attached hydrogens (tertiary/aromatic N) is 7. The van der Waals surface area contributed by atoms with E-state index in [1.54, 1.807) is 0 Å². The zero-order valence-electron chi connectivity index (χ0n) is 37.5. The fraction of sp³-hybridized carbons (Fsp3) is 0. The van der Waals surface area contributed by atoms with Crippen molar-refractivity contribution in [3.63, 3.8) is 0 Å². The number of hydrogen-bond donors (Lipinski definition) is 0. The SMILES string of the molecule is c1ccc2c(c1)c1ccccc1n2-c1nc(-c2ccc3c(c2)c2cccc4c5ccccc5n(c5ccccc5c5cccc6c7ccccc7n3c56)c42)nc(-n2c3ccccc3c3ccccc32)n1. The van der Waals surface area contributed by atoms with Crippen molar-refractivity contribution in [3.05, 3.63) is 224 Å². The van der Waals surface area contributed by atoms with E-state index in [-0.39, 0.29) is 0 Å². The number of rotatable bonds is 3. The summed E-state index contributed by atoms with van der Waals surface area (Å²) in [6.07, 6.45) is 0. The van der Waals surface area contributed by atoms with Gasteiger partial charge in [-0.2, -0.15) is 15.0 Å². The molecule has 16 rings (SSSR count). The van der Waals surface area contributed by atoms with E-state index in [9.17, 15) is 0 Å². The van der Waals surface area contributed by atoms with Crippen molar-refractivity contribution in [2.75, 3.05) is 0 Å². The van der Waals surface area contributed by atoms with E-state index >= 15 is 0 Å². The zero-order valence-corrected chi connectivity index (χ0v) is 37.5. The van der Waals surface area contributed by atoms with Gasteiger partial charge >= 0.3 is 0 Å². The van der Waals surface area contributed by atoms with Gasteiger partial charge < -0.3 is 8.80 Å². The first kappa shape index (κ1) is 37.5. The molecule has 0 atom stereocenters. The van der Waals surface area contributed by atoms with Crippen LogP contribution in [-0.2, 0) is 0 Å². The molecular weight excluding hydrogens is 855 g/mol. The predicted octanol–water partition coefficient (Wildman–Crippen LogP) is 15.7. The van der Waals surface area contributed by atoms with Gasteiger partial charge in [-0.05, 0) is 60.7 Å². The van der Waals surface area contributed by atoms with Crippen molar-refractivity contribution in [1.82, 2.24) is 32.9 Å². The maximum absolute atomic E-state index is 5.53. The first-order valence-corrected chi connectivity index (χ1v) is 23.8. The number of aromatic nitrogens is 7. The Labute approximate surface area is 398 Å². The molecule has 0 radical (unpaired) electrons. The lowest BCUT2D eigenvalue weighted by molar-refractivity contribution is 0.893. The van der Waals surface area contributed by atoms with Crippen LogP contribution in [-0.4, -0.2) is 32.9 Å². The van der Waals surface area contributed by atoms with Gasteiger partial charge in [0.2, 0.25) is 11.9 Å². The van der Waals surface area contributed by atoms with Crippen molar-refractivity contribution in [2.24, 2.45) is 0 Å². The topological polar surface area (TPSA) is 57.4 Å². The molecule has 0 spiro atoms. The fourth-order valence-corrected chi connectivity index (χ4v) is 11.9. The fourth-order valence-electron chi connectivity index (χ4n) is 11.9. The largest absolute Gasteiger partial charge is 0.308 e. The molecule has 0 aliphatic carbocycles. The summed E-state index contributed by atoms with van der Waals surface area (Å²) in [6.45, 7) is 0. The van der Waals surface area contributed by atoms with Gasteiger partial charge in [0.05, 0.1) is 55.2 Å². The molecule has 6 aromatic heterocycles. The minimum atomic E-state index is 0.546. The Morgan fingerprint density at radius 3 is 0.886 bits per heavy atom. The molecule has 324 valence electrons. The molecule has 0 N–H and O–H groups in total. The number of fused-ring (bicyclic) bond motifs is 18. The van der Waals surface area contributed by atoms with Crippen LogP contribution in [0.15, 0.2) is 224 Å². The number of benzene rings is 10. The quantitative estimate of drug-likeness (QED) is 0.178. The van der Waals surface area contributed by atoms with Crippen LogP contribution >= 0.6 is 0 Å². The molecule has 0 aliphatic rings. The standard InChI is InChI=1S/C63H37N7/c1-11-31-54-39(17-1)40-18-2-12-32-55(40)69(54)62-64-61(65-63(66-62)70-56-33-13-3-19-41(56)42-20-4-14-34-57(42)70)38-35-36-58-50(37-38)49-27-16-26-48-45-23-6-9-29-52(45)67(60(48)49)51-28-8-5-21-43(51)46-24-15-25-47-44-22-7-10-30-53(44)68(58)59(46)47/h1-37H. The molecule has 0 saturated carbocycles. The first-order chi connectivity index (χ1) is 34.8. The van der Waals surface area contributed by atoms with Crippen LogP contribution in [0.3, 0.4) is 0 Å². The third-order valence-electron chi connectivity index (χ3n) is 14.8. The Kier molecular flexibility index (Phi) is 7.49. The van der Waals surface area contributed by atoms with E-state index < -0.39 is 0 Å². The minimum absolute atomic E-state index is 0.546. The zero-order chi connectivity index (χ0) is 45.6. The molecule has 0 aliphatic heterocycles. The van der Waals surface area contributed by atoms with Gasteiger partial charge in [-0.1, -0.05) is 164 Å². The van der Waals surface area contributed by atoms with Crippen LogP contribution in [0.5, 0.6) is 0 Å². The van der Waals surface area contributed by atoms with Gasteiger partial charge in [0.15, 0.2) is 5.82 Å². The molecule has 70 heavy (non-hydrogen) atoms. The molecule has 0 fully saturated rings. The minimum Gasteiger partial charge on any atom is -0.308 e. The van der Waals surface area contributed by atoms with Gasteiger partial charge in [-0.25, -0.2) is 0 Å². The van der Waals surface area contributed by atoms with Gasteiger partial charge in [-0.3, -0.25) is 9.13 Å². The Morgan fingerprint density at radius 2 is 0.514 bits per heavy atom. The Bertz CT molecular complexity index is 4720. The maximum atomic E-state index is 5.53. The highest BCUT2D eigenvalue weighted by atomic mass is 15.3. The average Bonchev–Trinajstić information content (AvgIpc) is 4.16. The van der Waals surface area contributed by atoms with Crippen molar-refractivity contribution in [3.8, 4) is 23.3 Å². The summed E-state index contributed by atoms with van der Waals surface area (Å²) in [7, 11) is 0. The predicted molar refractivity (Wildman–Crippen MR) is 290 cm³/mol. The van der Waals surface area contributed by atoms with Gasteiger partial charge in [0, 0.05) is 70.2 Å². The van der Waals surface area contributed by atoms with Gasteiger partial charge in [0.25, 0.3) is 0 Å². The molecule has 6 heterocycles. The lowest BCUT2D eigenvalue weighted by atomic mass is 10.0. The van der Waals surface area contributed by atoms with Crippen molar-refractivity contribution >= 4 is 120 Å². The number of hydrogen-bond acceptors (Lipinski definition) is 3. The Balaban J connectivity index is 1.11. The number of para-hydroxylation sites is 9. The summed E-state index contributed by atoms with van der Waals surface area (Å²) in [4.78, 5) is 16.5. The summed E-state index contributed by atoms with van der Waals surface area (Å²) in [5, 5.41) is 13.9. The van der Waals surface area contributed by atoms with E-state index in [0.717, 1.165) is 87.5 Å². The summed E-state index contributed by atoms with van der Waals surface area (Å²) >= 11 is 0. The van der Waals surface area contributed by atoms with Crippen molar-refractivity contribution < 1.29 is 0 Å². The highest BCUT2D eigenvalue weighted by Gasteiger charge is 2.23.